The summed E-state index contributed by atoms with van der Waals surface area (Å²) in [5.41, 5.74) is 2.29. The lowest BCUT2D eigenvalue weighted by molar-refractivity contribution is -0.384. The fraction of sp³-hybridized carbons (Fsp3) is 0.318. The van der Waals surface area contributed by atoms with Crippen molar-refractivity contribution in [2.75, 3.05) is 29.1 Å². The lowest BCUT2D eigenvalue weighted by Crippen LogP contribution is -2.21. The van der Waals surface area contributed by atoms with Gasteiger partial charge in [-0.1, -0.05) is 23.4 Å². The smallest absolute Gasteiger partial charge is 0.271 e. The first kappa shape index (κ1) is 24.5. The zero-order chi connectivity index (χ0) is 24.0. The van der Waals surface area contributed by atoms with Gasteiger partial charge in [0.25, 0.3) is 5.69 Å². The van der Waals surface area contributed by atoms with E-state index >= 15 is 0 Å². The molecule has 0 spiro atoms. The van der Waals surface area contributed by atoms with Gasteiger partial charge in [0.2, 0.25) is 5.91 Å². The molecule has 0 aliphatic heterocycles. The van der Waals surface area contributed by atoms with Crippen LogP contribution in [0.1, 0.15) is 20.8 Å². The van der Waals surface area contributed by atoms with E-state index in [9.17, 15) is 14.9 Å². The molecule has 33 heavy (non-hydrogen) atoms. The molecule has 0 aliphatic rings. The van der Waals surface area contributed by atoms with Crippen LogP contribution in [0.3, 0.4) is 0 Å². The molecule has 0 bridgehead atoms. The first-order valence-electron chi connectivity index (χ1n) is 10.5. The molecular formula is C22H25ClN6O3S. The molecule has 1 heterocycles. The highest BCUT2D eigenvalue weighted by Gasteiger charge is 2.16. The van der Waals surface area contributed by atoms with Gasteiger partial charge in [-0.3, -0.25) is 14.9 Å². The minimum atomic E-state index is -0.542. The summed E-state index contributed by atoms with van der Waals surface area (Å²) in [4.78, 5) is 25.0. The monoisotopic (exact) mass is 488 g/mol. The average Bonchev–Trinajstić information content (AvgIpc) is 3.23. The molecule has 0 radical (unpaired) electrons. The average molecular weight is 489 g/mol. The van der Waals surface area contributed by atoms with Gasteiger partial charge in [0.15, 0.2) is 11.0 Å². The summed E-state index contributed by atoms with van der Waals surface area (Å²) in [6.07, 6.45) is 0. The van der Waals surface area contributed by atoms with Crippen molar-refractivity contribution in [1.82, 2.24) is 14.8 Å². The summed E-state index contributed by atoms with van der Waals surface area (Å²) in [6.45, 7) is 8.78. The van der Waals surface area contributed by atoms with E-state index in [0.717, 1.165) is 30.2 Å². The second kappa shape index (κ2) is 11.2. The molecule has 3 aromatic rings. The number of non-ortho nitro benzene ring substituents is 1. The van der Waals surface area contributed by atoms with E-state index in [4.69, 9.17) is 11.6 Å². The number of anilines is 2. The third-order valence-corrected chi connectivity index (χ3v) is 6.34. The van der Waals surface area contributed by atoms with Crippen molar-refractivity contribution in [3.05, 3.63) is 57.6 Å². The van der Waals surface area contributed by atoms with E-state index in [-0.39, 0.29) is 22.4 Å². The summed E-state index contributed by atoms with van der Waals surface area (Å²) in [6, 6.07) is 12.1. The van der Waals surface area contributed by atoms with Gasteiger partial charge in [0, 0.05) is 43.0 Å². The normalized spacial score (nSPS) is 10.8. The summed E-state index contributed by atoms with van der Waals surface area (Å²) < 4.78 is 1.96. The van der Waals surface area contributed by atoms with Crippen LogP contribution in [0.15, 0.2) is 47.6 Å². The van der Waals surface area contributed by atoms with Gasteiger partial charge in [0.05, 0.1) is 21.4 Å². The molecule has 2 aromatic carbocycles. The van der Waals surface area contributed by atoms with Crippen molar-refractivity contribution in [2.24, 2.45) is 0 Å². The SMILES string of the molecule is CCN(CC)c1ccc(-c2nnc(SCC(=O)Nc3ccc([N+](=O)[O-])cc3Cl)n2CC)cc1. The second-order valence-corrected chi connectivity index (χ2v) is 8.38. The van der Waals surface area contributed by atoms with Crippen LogP contribution in [-0.4, -0.2) is 44.4 Å². The van der Waals surface area contributed by atoms with E-state index in [1.54, 1.807) is 0 Å². The van der Waals surface area contributed by atoms with Gasteiger partial charge >= 0.3 is 0 Å². The maximum absolute atomic E-state index is 12.4. The summed E-state index contributed by atoms with van der Waals surface area (Å²) in [5, 5.41) is 22.8. The van der Waals surface area contributed by atoms with Crippen LogP contribution < -0.4 is 10.2 Å². The van der Waals surface area contributed by atoms with Gasteiger partial charge in [-0.25, -0.2) is 0 Å². The van der Waals surface area contributed by atoms with Gasteiger partial charge in [-0.05, 0) is 51.1 Å². The van der Waals surface area contributed by atoms with E-state index in [0.29, 0.717) is 17.4 Å². The summed E-state index contributed by atoms with van der Waals surface area (Å²) >= 11 is 7.31. The van der Waals surface area contributed by atoms with Crippen molar-refractivity contribution < 1.29 is 9.72 Å². The van der Waals surface area contributed by atoms with Crippen molar-refractivity contribution in [1.29, 1.82) is 0 Å². The lowest BCUT2D eigenvalue weighted by atomic mass is 10.2. The largest absolute Gasteiger partial charge is 0.372 e. The Morgan fingerprint density at radius 3 is 2.42 bits per heavy atom. The number of hydrogen-bond donors (Lipinski definition) is 1. The molecule has 174 valence electrons. The molecule has 9 nitrogen and oxygen atoms in total. The zero-order valence-electron chi connectivity index (χ0n) is 18.6. The fourth-order valence-corrected chi connectivity index (χ4v) is 4.36. The Morgan fingerprint density at radius 2 is 1.85 bits per heavy atom. The molecule has 1 aromatic heterocycles. The predicted octanol–water partition coefficient (Wildman–Crippen LogP) is 5.10. The standard InChI is InChI=1S/C22H25ClN6O3S/c1-4-27(5-2)16-9-7-15(8-10-16)21-25-26-22(28(21)6-3)33-14-20(30)24-19-12-11-17(29(31)32)13-18(19)23/h7-13H,4-6,14H2,1-3H3,(H,24,30). The van der Waals surface area contributed by atoms with Crippen LogP contribution in [0.4, 0.5) is 17.1 Å². The number of halogens is 1. The van der Waals surface area contributed by atoms with E-state index in [1.807, 2.05) is 23.6 Å². The topological polar surface area (TPSA) is 106 Å². The van der Waals surface area contributed by atoms with Crippen molar-refractivity contribution in [2.45, 2.75) is 32.5 Å². The zero-order valence-corrected chi connectivity index (χ0v) is 20.2. The minimum Gasteiger partial charge on any atom is -0.372 e. The first-order chi connectivity index (χ1) is 15.9. The van der Waals surface area contributed by atoms with Crippen LogP contribution in [-0.2, 0) is 11.3 Å². The van der Waals surface area contributed by atoms with Gasteiger partial charge in [-0.2, -0.15) is 0 Å². The van der Waals surface area contributed by atoms with Gasteiger partial charge < -0.3 is 14.8 Å². The number of amides is 1. The molecule has 0 saturated heterocycles. The predicted molar refractivity (Wildman–Crippen MR) is 132 cm³/mol. The number of nitro benzene ring substituents is 1. The number of hydrogen-bond acceptors (Lipinski definition) is 7. The third kappa shape index (κ3) is 5.82. The molecule has 0 fully saturated rings. The van der Waals surface area contributed by atoms with Crippen LogP contribution in [0, 0.1) is 10.1 Å². The van der Waals surface area contributed by atoms with E-state index in [2.05, 4.69) is 46.4 Å². The second-order valence-electron chi connectivity index (χ2n) is 7.03. The molecule has 3 rings (SSSR count). The number of benzene rings is 2. The van der Waals surface area contributed by atoms with E-state index in [1.165, 1.54) is 30.0 Å². The fourth-order valence-electron chi connectivity index (χ4n) is 3.34. The minimum absolute atomic E-state index is 0.0896. The number of carbonyl (C=O) groups is 1. The Bertz CT molecular complexity index is 1130. The first-order valence-corrected chi connectivity index (χ1v) is 11.9. The summed E-state index contributed by atoms with van der Waals surface area (Å²) in [7, 11) is 0. The van der Waals surface area contributed by atoms with Crippen LogP contribution in [0.25, 0.3) is 11.4 Å². The number of nitrogens with zero attached hydrogens (tertiary/aromatic N) is 5. The highest BCUT2D eigenvalue weighted by atomic mass is 35.5. The number of nitrogens with one attached hydrogen (secondary N) is 1. The Balaban J connectivity index is 1.68. The maximum Gasteiger partial charge on any atom is 0.271 e. The van der Waals surface area contributed by atoms with Crippen LogP contribution in [0.2, 0.25) is 5.02 Å². The number of nitro groups is 1. The Hall–Kier alpha value is -3.11. The molecule has 1 N–H and O–H groups in total. The lowest BCUT2D eigenvalue weighted by Gasteiger charge is -2.21. The molecule has 0 atom stereocenters. The number of aromatic nitrogens is 3. The Labute approximate surface area is 201 Å². The van der Waals surface area contributed by atoms with E-state index < -0.39 is 4.92 Å². The molecule has 1 amide bonds. The van der Waals surface area contributed by atoms with Crippen LogP contribution >= 0.6 is 23.4 Å². The van der Waals surface area contributed by atoms with Crippen molar-refractivity contribution >= 4 is 46.3 Å². The number of rotatable bonds is 10. The number of thioether (sulfide) groups is 1. The highest BCUT2D eigenvalue weighted by Crippen LogP contribution is 2.28. The quantitative estimate of drug-likeness (QED) is 0.240. The van der Waals surface area contributed by atoms with Gasteiger partial charge in [0.1, 0.15) is 0 Å². The van der Waals surface area contributed by atoms with Gasteiger partial charge in [-0.15, -0.1) is 10.2 Å². The third-order valence-electron chi connectivity index (χ3n) is 5.06. The van der Waals surface area contributed by atoms with Crippen molar-refractivity contribution in [3.8, 4) is 11.4 Å². The molecule has 11 heteroatoms. The molecule has 0 saturated carbocycles. The summed E-state index contributed by atoms with van der Waals surface area (Å²) in [5.74, 6) is 0.531. The Morgan fingerprint density at radius 1 is 1.15 bits per heavy atom. The van der Waals surface area contributed by atoms with Crippen LogP contribution in [0.5, 0.6) is 0 Å². The molecular weight excluding hydrogens is 464 g/mol. The van der Waals surface area contributed by atoms with Crippen molar-refractivity contribution in [3.63, 3.8) is 0 Å². The maximum atomic E-state index is 12.4. The highest BCUT2D eigenvalue weighted by molar-refractivity contribution is 7.99. The molecule has 0 unspecified atom stereocenters. The number of carbonyl (C=O) groups excluding carboxylic acids is 1. The molecule has 0 aliphatic carbocycles. The Kier molecular flexibility index (Phi) is 8.29.